The third-order valence-corrected chi connectivity index (χ3v) is 3.06. The molecule has 3 rings (SSSR count). The number of aryl methyl sites for hydroxylation is 1. The lowest BCUT2D eigenvalue weighted by Crippen LogP contribution is -2.08. The van der Waals surface area contributed by atoms with Crippen LogP contribution in [-0.2, 0) is 13.0 Å². The van der Waals surface area contributed by atoms with Crippen LogP contribution in [0.4, 0.5) is 0 Å². The maximum Gasteiger partial charge on any atom is 0.252 e. The number of aromatic nitrogens is 3. The van der Waals surface area contributed by atoms with E-state index in [-0.39, 0.29) is 11.3 Å². The number of fused-ring (bicyclic) bond motifs is 3. The molecular weight excluding hydrogens is 234 g/mol. The molecule has 1 aliphatic rings. The van der Waals surface area contributed by atoms with Crippen molar-refractivity contribution in [3.63, 3.8) is 0 Å². The molecule has 0 bridgehead atoms. The molecule has 6 nitrogen and oxygen atoms in total. The van der Waals surface area contributed by atoms with Crippen molar-refractivity contribution < 1.29 is 9.84 Å². The standard InChI is InChI=1S/C12H13N3O3/c1-2-7-6-13-12-10-11(18-4-3-15(7)12)8(16)5-9(17)14-10/h5-6H,2-4H2,1H3,(H2,14,16,17). The van der Waals surface area contributed by atoms with E-state index in [2.05, 4.69) is 9.97 Å². The number of hydrogen-bond donors (Lipinski definition) is 2. The normalized spacial score (nSPS) is 13.4. The van der Waals surface area contributed by atoms with E-state index < -0.39 is 0 Å². The van der Waals surface area contributed by atoms with E-state index in [1.807, 2.05) is 11.5 Å². The molecule has 0 aromatic carbocycles. The van der Waals surface area contributed by atoms with Crippen LogP contribution < -0.4 is 10.3 Å². The molecule has 0 aliphatic carbocycles. The quantitative estimate of drug-likeness (QED) is 0.784. The Hall–Kier alpha value is -2.24. The fraction of sp³-hybridized carbons (Fsp3) is 0.333. The third-order valence-electron chi connectivity index (χ3n) is 3.06. The van der Waals surface area contributed by atoms with Gasteiger partial charge in [0.25, 0.3) is 5.56 Å². The Morgan fingerprint density at radius 2 is 2.44 bits per heavy atom. The van der Waals surface area contributed by atoms with Gasteiger partial charge in [0.2, 0.25) is 0 Å². The molecule has 6 heteroatoms. The van der Waals surface area contributed by atoms with Crippen LogP contribution in [0.1, 0.15) is 12.6 Å². The second kappa shape index (κ2) is 3.90. The number of aromatic hydroxyl groups is 1. The number of H-pyrrole nitrogens is 1. The van der Waals surface area contributed by atoms with Gasteiger partial charge in [-0.25, -0.2) is 4.98 Å². The van der Waals surface area contributed by atoms with Crippen LogP contribution in [0.25, 0.3) is 11.5 Å². The van der Waals surface area contributed by atoms with Crippen LogP contribution in [0, 0.1) is 0 Å². The Morgan fingerprint density at radius 3 is 3.22 bits per heavy atom. The minimum absolute atomic E-state index is 0.150. The van der Waals surface area contributed by atoms with Gasteiger partial charge in [0.15, 0.2) is 17.3 Å². The topological polar surface area (TPSA) is 80.1 Å². The van der Waals surface area contributed by atoms with Gasteiger partial charge in [0.05, 0.1) is 6.54 Å². The number of rotatable bonds is 1. The van der Waals surface area contributed by atoms with E-state index in [0.29, 0.717) is 30.4 Å². The second-order valence-corrected chi connectivity index (χ2v) is 4.15. The van der Waals surface area contributed by atoms with Crippen molar-refractivity contribution in [3.8, 4) is 23.0 Å². The number of nitrogens with zero attached hydrogens (tertiary/aromatic N) is 2. The summed E-state index contributed by atoms with van der Waals surface area (Å²) in [4.78, 5) is 18.4. The molecule has 0 fully saturated rings. The number of imidazole rings is 1. The molecule has 2 aromatic heterocycles. The number of aromatic amines is 1. The van der Waals surface area contributed by atoms with Gasteiger partial charge in [-0.05, 0) is 6.42 Å². The van der Waals surface area contributed by atoms with Crippen molar-refractivity contribution in [1.82, 2.24) is 14.5 Å². The summed E-state index contributed by atoms with van der Waals surface area (Å²) in [7, 11) is 0. The first-order valence-corrected chi connectivity index (χ1v) is 5.84. The molecular formula is C12H13N3O3. The summed E-state index contributed by atoms with van der Waals surface area (Å²) < 4.78 is 7.49. The van der Waals surface area contributed by atoms with Crippen LogP contribution in [-0.4, -0.2) is 26.2 Å². The summed E-state index contributed by atoms with van der Waals surface area (Å²) in [6.45, 7) is 3.12. The average molecular weight is 247 g/mol. The highest BCUT2D eigenvalue weighted by molar-refractivity contribution is 5.65. The van der Waals surface area contributed by atoms with Gasteiger partial charge >= 0.3 is 0 Å². The lowest BCUT2D eigenvalue weighted by atomic mass is 10.3. The van der Waals surface area contributed by atoms with Gasteiger partial charge in [-0.2, -0.15) is 0 Å². The number of pyridine rings is 1. The SMILES string of the molecule is CCc1cnc2n1CCOc1c(O)cc(=O)[nH]c1-2. The zero-order chi connectivity index (χ0) is 12.7. The molecule has 0 saturated heterocycles. The van der Waals surface area contributed by atoms with Crippen molar-refractivity contribution in [1.29, 1.82) is 0 Å². The second-order valence-electron chi connectivity index (χ2n) is 4.15. The monoisotopic (exact) mass is 247 g/mol. The van der Waals surface area contributed by atoms with Gasteiger partial charge in [0, 0.05) is 18.0 Å². The summed E-state index contributed by atoms with van der Waals surface area (Å²) in [6, 6.07) is 1.11. The van der Waals surface area contributed by atoms with Crippen LogP contribution in [0.15, 0.2) is 17.1 Å². The zero-order valence-electron chi connectivity index (χ0n) is 9.93. The largest absolute Gasteiger partial charge is 0.504 e. The molecule has 0 radical (unpaired) electrons. The van der Waals surface area contributed by atoms with Crippen molar-refractivity contribution >= 4 is 0 Å². The molecule has 18 heavy (non-hydrogen) atoms. The maximum absolute atomic E-state index is 11.5. The first-order valence-electron chi connectivity index (χ1n) is 5.84. The molecule has 2 N–H and O–H groups in total. The Bertz CT molecular complexity index is 657. The minimum atomic E-state index is -0.371. The van der Waals surface area contributed by atoms with Crippen LogP contribution in [0.3, 0.4) is 0 Å². The van der Waals surface area contributed by atoms with Crippen LogP contribution >= 0.6 is 0 Å². The van der Waals surface area contributed by atoms with Crippen molar-refractivity contribution in [2.75, 3.05) is 6.61 Å². The van der Waals surface area contributed by atoms with Crippen LogP contribution in [0.2, 0.25) is 0 Å². The average Bonchev–Trinajstić information content (AvgIpc) is 2.65. The van der Waals surface area contributed by atoms with Gasteiger partial charge in [-0.3, -0.25) is 4.79 Å². The lowest BCUT2D eigenvalue weighted by molar-refractivity contribution is 0.289. The molecule has 0 amide bonds. The smallest absolute Gasteiger partial charge is 0.252 e. The van der Waals surface area contributed by atoms with E-state index in [0.717, 1.165) is 18.2 Å². The predicted octanol–water partition coefficient (Wildman–Crippen LogP) is 0.899. The number of hydrogen-bond acceptors (Lipinski definition) is 4. The van der Waals surface area contributed by atoms with E-state index in [4.69, 9.17) is 4.74 Å². The van der Waals surface area contributed by atoms with Gasteiger partial charge in [0.1, 0.15) is 12.3 Å². The van der Waals surface area contributed by atoms with E-state index >= 15 is 0 Å². The molecule has 94 valence electrons. The lowest BCUT2D eigenvalue weighted by Gasteiger charge is -2.06. The predicted molar refractivity (Wildman–Crippen MR) is 64.8 cm³/mol. The maximum atomic E-state index is 11.5. The van der Waals surface area contributed by atoms with Gasteiger partial charge in [-0.15, -0.1) is 0 Å². The molecule has 0 unspecified atom stereocenters. The van der Waals surface area contributed by atoms with Crippen LogP contribution in [0.5, 0.6) is 11.5 Å². The molecule has 2 aromatic rings. The highest BCUT2D eigenvalue weighted by Gasteiger charge is 2.22. The summed E-state index contributed by atoms with van der Waals surface area (Å²) in [5.41, 5.74) is 1.15. The Kier molecular flexibility index (Phi) is 2.36. The fourth-order valence-electron chi connectivity index (χ4n) is 2.22. The molecule has 0 atom stereocenters. The minimum Gasteiger partial charge on any atom is -0.504 e. The van der Waals surface area contributed by atoms with Crippen molar-refractivity contribution in [2.24, 2.45) is 0 Å². The highest BCUT2D eigenvalue weighted by Crippen LogP contribution is 2.35. The summed E-state index contributed by atoms with van der Waals surface area (Å²) in [5.74, 6) is 0.775. The Labute approximate surface area is 103 Å². The van der Waals surface area contributed by atoms with E-state index in [9.17, 15) is 9.90 Å². The number of ether oxygens (including phenoxy) is 1. The molecule has 0 spiro atoms. The first kappa shape index (κ1) is 10.9. The van der Waals surface area contributed by atoms with E-state index in [1.165, 1.54) is 0 Å². The highest BCUT2D eigenvalue weighted by atomic mass is 16.5. The molecule has 3 heterocycles. The molecule has 0 saturated carbocycles. The zero-order valence-corrected chi connectivity index (χ0v) is 9.93. The Balaban J connectivity index is 2.30. The Morgan fingerprint density at radius 1 is 1.61 bits per heavy atom. The summed E-state index contributed by atoms with van der Waals surface area (Å²) >= 11 is 0. The van der Waals surface area contributed by atoms with Gasteiger partial charge in [-0.1, -0.05) is 6.92 Å². The van der Waals surface area contributed by atoms with Crippen molar-refractivity contribution in [3.05, 3.63) is 28.3 Å². The first-order chi connectivity index (χ1) is 8.70. The van der Waals surface area contributed by atoms with Gasteiger partial charge < -0.3 is 19.4 Å². The summed E-state index contributed by atoms with van der Waals surface area (Å²) in [5, 5.41) is 9.77. The third kappa shape index (κ3) is 1.49. The molecule has 1 aliphatic heterocycles. The fourth-order valence-corrected chi connectivity index (χ4v) is 2.22. The summed E-state index contributed by atoms with van der Waals surface area (Å²) in [6.07, 6.45) is 2.64. The van der Waals surface area contributed by atoms with E-state index in [1.54, 1.807) is 6.20 Å². The van der Waals surface area contributed by atoms with Crippen molar-refractivity contribution in [2.45, 2.75) is 19.9 Å². The number of nitrogens with one attached hydrogen (secondary N) is 1.